The van der Waals surface area contributed by atoms with E-state index in [0.717, 1.165) is 151 Å². The summed E-state index contributed by atoms with van der Waals surface area (Å²) in [5.74, 6) is 5.74. The molecule has 0 amide bonds. The number of cyclic esters (lactones) is 2. The van der Waals surface area contributed by atoms with Crippen LogP contribution in [-0.4, -0.2) is 137 Å². The Morgan fingerprint density at radius 2 is 0.937 bits per heavy atom. The molecule has 9 aliphatic carbocycles. The Morgan fingerprint density at radius 3 is 1.45 bits per heavy atom. The van der Waals surface area contributed by atoms with Gasteiger partial charge in [-0.3, -0.25) is 33.6 Å². The highest BCUT2D eigenvalue weighted by atomic mass is 16.8. The summed E-state index contributed by atoms with van der Waals surface area (Å²) >= 11 is 0. The van der Waals surface area contributed by atoms with E-state index in [1.807, 2.05) is 110 Å². The molecule has 12 fully saturated rings. The van der Waals surface area contributed by atoms with Crippen molar-refractivity contribution in [1.82, 2.24) is 0 Å². The lowest BCUT2D eigenvalue weighted by Crippen LogP contribution is -2.49. The number of fused-ring (bicyclic) bond motifs is 18. The van der Waals surface area contributed by atoms with Crippen LogP contribution in [0.3, 0.4) is 0 Å². The second-order valence-electron chi connectivity index (χ2n) is 43.8. The van der Waals surface area contributed by atoms with Crippen molar-refractivity contribution < 1.29 is 105 Å². The van der Waals surface area contributed by atoms with Crippen LogP contribution in [-0.2, 0) is 90.5 Å². The molecule has 14 rings (SSSR count). The van der Waals surface area contributed by atoms with Crippen LogP contribution in [0.4, 0.5) is 4.79 Å². The molecule has 9 saturated carbocycles. The number of carbonyl (C=O) groups is 9. The summed E-state index contributed by atoms with van der Waals surface area (Å²) in [6.45, 7) is 57.2. The quantitative estimate of drug-likeness (QED) is 0.0396. The van der Waals surface area contributed by atoms with Crippen LogP contribution in [0.1, 0.15) is 369 Å². The van der Waals surface area contributed by atoms with Gasteiger partial charge in [-0.05, 0) is 320 Å². The molecular formula is C104H170O22. The molecule has 19 atom stereocenters. The van der Waals surface area contributed by atoms with Gasteiger partial charge in [-0.25, -0.2) is 9.59 Å². The smallest absolute Gasteiger partial charge is 0.507 e. The third-order valence-corrected chi connectivity index (χ3v) is 31.7. The van der Waals surface area contributed by atoms with Gasteiger partial charge in [-0.1, -0.05) is 108 Å². The van der Waals surface area contributed by atoms with E-state index in [9.17, 15) is 48.3 Å². The first-order valence-corrected chi connectivity index (χ1v) is 47.8. The second kappa shape index (κ2) is 43.2. The van der Waals surface area contributed by atoms with Gasteiger partial charge in [0, 0.05) is 47.3 Å². The van der Waals surface area contributed by atoms with Gasteiger partial charge in [0.05, 0.1) is 74.0 Å². The van der Waals surface area contributed by atoms with Gasteiger partial charge in [0.15, 0.2) is 0 Å². The van der Waals surface area contributed by atoms with Crippen LogP contribution in [0.2, 0.25) is 0 Å². The van der Waals surface area contributed by atoms with Crippen molar-refractivity contribution in [3.63, 3.8) is 0 Å². The van der Waals surface area contributed by atoms with Gasteiger partial charge in [0.25, 0.3) is 0 Å². The van der Waals surface area contributed by atoms with Crippen LogP contribution < -0.4 is 4.74 Å². The zero-order valence-electron chi connectivity index (χ0n) is 81.4. The lowest BCUT2D eigenvalue weighted by Gasteiger charge is -2.46. The number of aromatic hydroxyl groups is 1. The van der Waals surface area contributed by atoms with E-state index < -0.39 is 39.9 Å². The Hall–Kier alpha value is -6.55. The molecule has 8 bridgehead atoms. The van der Waals surface area contributed by atoms with E-state index >= 15 is 0 Å². The van der Waals surface area contributed by atoms with Crippen LogP contribution in [0, 0.1) is 97.1 Å². The van der Waals surface area contributed by atoms with Crippen LogP contribution in [0.25, 0.3) is 10.8 Å². The fourth-order valence-corrected chi connectivity index (χ4v) is 20.0. The number of esters is 8. The standard InChI is InChI=1S/C20H32O2.C16H24O4.C16H18O3.C16H30O3.C14H20O5.C10H16O4.C10H22O.2CH4/c1-5-19(3,4)18(21)22-20(6-2)11-14-10-15(20)17-13-8-7-12(9-13)16(14)17;1-4-15(2,3)13(17)20-12-8-10-7-11(12)16(9-10)5-6-19-14(16)18;1-4-16(2,3)15(18)19-14-10-6-7-11-12(14)8-5-9-13(11)17;1-7-15(3,4)14(17)18-12-9-10-13(11-12)19-16(5,6)8-2;1-4-14(2,3)12(15)17-9-6-7-5-8(9)11-10(7)18-13(16)19-11;1-4-10(2,3)9(12)14-7-5-6-13-8(7)11;1-7-9(3,4)11-10(5,6)8-2;;/h12-17H,5-11H2,1-4H3;10-12H,4-9H2,1-3H3;5-10,17H,4H2,1-3H3;12-13H,7-11H2,1-6H3;7-11H,4-6H2,1-3H3;7H,4-6H2,1-3H3;7-8H2,1-6H3;2*1H4. The normalized spacial score (nSPS) is 29.8. The summed E-state index contributed by atoms with van der Waals surface area (Å²) in [6.07, 6.45) is 22.7. The third-order valence-electron chi connectivity index (χ3n) is 31.7. The van der Waals surface area contributed by atoms with E-state index in [1.54, 1.807) is 44.2 Å². The summed E-state index contributed by atoms with van der Waals surface area (Å²) in [6, 6.07) is 10.5. The fourth-order valence-electron chi connectivity index (χ4n) is 20.0. The molecule has 718 valence electrons. The molecule has 2 aromatic rings. The Morgan fingerprint density at radius 1 is 0.437 bits per heavy atom. The van der Waals surface area contributed by atoms with Crippen molar-refractivity contribution in [2.24, 2.45) is 97.1 Å². The lowest BCUT2D eigenvalue weighted by atomic mass is 9.65. The average Bonchev–Trinajstić information content (AvgIpc) is 1.53. The molecule has 3 heterocycles. The van der Waals surface area contributed by atoms with Gasteiger partial charge >= 0.3 is 53.9 Å². The average molecular weight is 1770 g/mol. The molecular weight excluding hydrogens is 1600 g/mol. The molecule has 12 aliphatic rings. The monoisotopic (exact) mass is 1770 g/mol. The first-order valence-electron chi connectivity index (χ1n) is 47.8. The Bertz CT molecular complexity index is 3980. The zero-order chi connectivity index (χ0) is 92.6. The van der Waals surface area contributed by atoms with Crippen molar-refractivity contribution in [3.05, 3.63) is 36.4 Å². The summed E-state index contributed by atoms with van der Waals surface area (Å²) < 4.78 is 66.2. The maximum absolute atomic E-state index is 12.7. The number of rotatable bonds is 26. The van der Waals surface area contributed by atoms with Gasteiger partial charge in [-0.15, -0.1) is 0 Å². The zero-order valence-corrected chi connectivity index (χ0v) is 81.4. The largest absolute Gasteiger partial charge is 0.509 e. The topological polar surface area (TPSA) is 285 Å². The first kappa shape index (κ1) is 108. The molecule has 0 radical (unpaired) electrons. The van der Waals surface area contributed by atoms with E-state index in [4.69, 9.17) is 56.8 Å². The maximum atomic E-state index is 12.7. The Kier molecular flexibility index (Phi) is 37.1. The van der Waals surface area contributed by atoms with E-state index in [0.29, 0.717) is 55.4 Å². The molecule has 3 aliphatic heterocycles. The number of carbonyl (C=O) groups excluding carboxylic acids is 9. The molecule has 22 heteroatoms. The minimum atomic E-state index is -0.687. The SMILES string of the molecule is C.C.CCC(C)(C)C(=O)OC1(CC)CC2CC1C1C3CCC(C3)C21.CCC(C)(C)C(=O)OC1CC2CC1C1(CCOC1=O)C2.CCC(C)(C)C(=O)OC1CC2CC1C1OC(=O)OC21.CCC(C)(C)C(=O)OC1CCOC1=O.CCC(C)(C)C(=O)Oc1cccc2c(O)cccc12.CCC(C)(C)OC(C)(C)CC.CCC(C)(C)OC1CCC(OC(=O)C(C)(C)CC)C1. The number of ether oxygens (including phenoxy) is 12. The Balaban J connectivity index is 0.000000228. The van der Waals surface area contributed by atoms with E-state index in [-0.39, 0.29) is 155 Å². The third kappa shape index (κ3) is 25.4. The van der Waals surface area contributed by atoms with E-state index in [2.05, 4.69) is 76.2 Å². The molecule has 1 N–H and O–H groups in total. The molecule has 1 spiro atoms. The molecule has 2 aromatic carbocycles. The van der Waals surface area contributed by atoms with Crippen LogP contribution in [0.5, 0.6) is 11.5 Å². The summed E-state index contributed by atoms with van der Waals surface area (Å²) in [4.78, 5) is 107. The highest BCUT2D eigenvalue weighted by Crippen LogP contribution is 2.71. The van der Waals surface area contributed by atoms with Gasteiger partial charge in [-0.2, -0.15) is 0 Å². The second-order valence-corrected chi connectivity index (χ2v) is 43.8. The number of phenolic OH excluding ortho intramolecular Hbond substituents is 1. The van der Waals surface area contributed by atoms with Gasteiger partial charge in [0.2, 0.25) is 6.10 Å². The van der Waals surface area contributed by atoms with E-state index in [1.165, 1.54) is 25.7 Å². The predicted molar refractivity (Wildman–Crippen MR) is 490 cm³/mol. The van der Waals surface area contributed by atoms with Gasteiger partial charge in [0.1, 0.15) is 47.6 Å². The van der Waals surface area contributed by atoms with Crippen molar-refractivity contribution in [2.75, 3.05) is 13.2 Å². The number of phenols is 1. The minimum Gasteiger partial charge on any atom is -0.507 e. The van der Waals surface area contributed by atoms with Crippen molar-refractivity contribution in [2.45, 2.75) is 434 Å². The van der Waals surface area contributed by atoms with Crippen LogP contribution in [0.15, 0.2) is 36.4 Å². The number of benzene rings is 2. The number of hydrogen-bond donors (Lipinski definition) is 1. The first-order chi connectivity index (χ1) is 57.7. The lowest BCUT2D eigenvalue weighted by molar-refractivity contribution is -0.183. The molecule has 3 saturated heterocycles. The number of hydrogen-bond acceptors (Lipinski definition) is 22. The van der Waals surface area contributed by atoms with Crippen molar-refractivity contribution in [3.8, 4) is 11.5 Å². The summed E-state index contributed by atoms with van der Waals surface area (Å²) in [7, 11) is 0. The molecule has 126 heavy (non-hydrogen) atoms. The predicted octanol–water partition coefficient (Wildman–Crippen LogP) is 23.7. The highest BCUT2D eigenvalue weighted by Gasteiger charge is 2.69. The Labute approximate surface area is 758 Å². The highest BCUT2D eigenvalue weighted by molar-refractivity contribution is 5.95. The minimum absolute atomic E-state index is 0. The van der Waals surface area contributed by atoms with Crippen LogP contribution >= 0.6 is 0 Å². The summed E-state index contributed by atoms with van der Waals surface area (Å²) in [5, 5.41) is 11.2. The van der Waals surface area contributed by atoms with Crippen molar-refractivity contribution in [1.29, 1.82) is 0 Å². The van der Waals surface area contributed by atoms with Gasteiger partial charge < -0.3 is 61.9 Å². The molecule has 0 aromatic heterocycles. The molecule has 19 unspecified atom stereocenters. The molecule has 22 nitrogen and oxygen atoms in total. The fraction of sp³-hybridized carbons (Fsp3) is 0.817. The maximum Gasteiger partial charge on any atom is 0.509 e. The summed E-state index contributed by atoms with van der Waals surface area (Å²) in [5.41, 5.74) is -3.13. The van der Waals surface area contributed by atoms with Crippen molar-refractivity contribution >= 4 is 64.7 Å².